The Balaban J connectivity index is 1.67. The van der Waals surface area contributed by atoms with E-state index in [0.717, 1.165) is 30.9 Å². The van der Waals surface area contributed by atoms with Gasteiger partial charge in [-0.2, -0.15) is 0 Å². The van der Waals surface area contributed by atoms with Gasteiger partial charge in [0.1, 0.15) is 6.10 Å². The van der Waals surface area contributed by atoms with E-state index in [1.54, 1.807) is 5.38 Å². The largest absolute Gasteiger partial charge is 0.457 e. The van der Waals surface area contributed by atoms with Crippen LogP contribution in [-0.4, -0.2) is 29.8 Å². The lowest BCUT2D eigenvalue weighted by molar-refractivity contribution is -0.188. The Kier molecular flexibility index (Phi) is 3.82. The smallest absolute Gasteiger partial charge is 0.358 e. The van der Waals surface area contributed by atoms with Crippen molar-refractivity contribution < 1.29 is 14.3 Å². The summed E-state index contributed by atoms with van der Waals surface area (Å²) in [7, 11) is 0. The number of aryl methyl sites for hydroxylation is 1. The zero-order chi connectivity index (χ0) is 14.2. The lowest BCUT2D eigenvalue weighted by Gasteiger charge is -2.52. The summed E-state index contributed by atoms with van der Waals surface area (Å²) in [5, 5.41) is 2.67. The van der Waals surface area contributed by atoms with E-state index in [1.807, 2.05) is 13.8 Å². The molecule has 1 aromatic rings. The first-order valence-electron chi connectivity index (χ1n) is 7.40. The van der Waals surface area contributed by atoms with Gasteiger partial charge in [0, 0.05) is 23.8 Å². The van der Waals surface area contributed by atoms with Gasteiger partial charge in [-0.1, -0.05) is 12.8 Å². The molecule has 0 bridgehead atoms. The van der Waals surface area contributed by atoms with Gasteiger partial charge in [0.25, 0.3) is 0 Å². The first-order chi connectivity index (χ1) is 9.65. The number of hydrogen-bond donors (Lipinski definition) is 0. The van der Waals surface area contributed by atoms with Crippen molar-refractivity contribution in [3.63, 3.8) is 0 Å². The lowest BCUT2D eigenvalue weighted by atomic mass is 9.62. The van der Waals surface area contributed by atoms with Crippen LogP contribution in [0, 0.1) is 12.3 Å². The van der Waals surface area contributed by atoms with Crippen LogP contribution in [0.2, 0.25) is 0 Å². The molecule has 0 unspecified atom stereocenters. The van der Waals surface area contributed by atoms with Gasteiger partial charge in [-0.3, -0.25) is 0 Å². The summed E-state index contributed by atoms with van der Waals surface area (Å²) in [5.41, 5.74) is 0.525. The maximum absolute atomic E-state index is 12.1. The summed E-state index contributed by atoms with van der Waals surface area (Å²) >= 11 is 1.48. The summed E-state index contributed by atoms with van der Waals surface area (Å²) in [6, 6.07) is 0. The van der Waals surface area contributed by atoms with Crippen LogP contribution in [0.4, 0.5) is 0 Å². The molecule has 20 heavy (non-hydrogen) atoms. The summed E-state index contributed by atoms with van der Waals surface area (Å²) < 4.78 is 11.6. The van der Waals surface area contributed by atoms with Gasteiger partial charge < -0.3 is 9.47 Å². The van der Waals surface area contributed by atoms with Crippen molar-refractivity contribution in [3.8, 4) is 0 Å². The van der Waals surface area contributed by atoms with Crippen LogP contribution in [0.1, 0.15) is 54.5 Å². The fourth-order valence-electron chi connectivity index (χ4n) is 3.64. The molecule has 5 heteroatoms. The van der Waals surface area contributed by atoms with Crippen LogP contribution >= 0.6 is 11.3 Å². The van der Waals surface area contributed by atoms with Gasteiger partial charge in [0.05, 0.1) is 11.1 Å². The maximum atomic E-state index is 12.1. The summed E-state index contributed by atoms with van der Waals surface area (Å²) in [6.07, 6.45) is 5.78. The van der Waals surface area contributed by atoms with Gasteiger partial charge in [-0.15, -0.1) is 11.3 Å². The Morgan fingerprint density at radius 1 is 1.45 bits per heavy atom. The second-order valence-corrected chi connectivity index (χ2v) is 6.83. The third-order valence-corrected chi connectivity index (χ3v) is 5.46. The monoisotopic (exact) mass is 295 g/mol. The molecule has 0 aromatic carbocycles. The average molecular weight is 295 g/mol. The van der Waals surface area contributed by atoms with Gasteiger partial charge in [0.15, 0.2) is 5.69 Å². The molecular formula is C15H21NO3S. The highest BCUT2D eigenvalue weighted by Gasteiger charge is 2.58. The molecule has 0 radical (unpaired) electrons. The third-order valence-electron chi connectivity index (χ3n) is 4.69. The standard InChI is InChI=1S/C15H21NO3S/c1-3-18-12-8-13(15(12)6-4-5-7-15)19-14(17)11-9-20-10(2)16-11/h9,12-13H,3-8H2,1-2H3/t12-,13+/m1/s1. The van der Waals surface area contributed by atoms with Crippen molar-refractivity contribution >= 4 is 17.3 Å². The molecule has 0 aliphatic heterocycles. The minimum atomic E-state index is -0.277. The highest BCUT2D eigenvalue weighted by molar-refractivity contribution is 7.09. The van der Waals surface area contributed by atoms with Crippen LogP contribution in [0.15, 0.2) is 5.38 Å². The Morgan fingerprint density at radius 2 is 2.20 bits per heavy atom. The molecule has 2 saturated carbocycles. The Hall–Kier alpha value is -0.940. The molecular weight excluding hydrogens is 274 g/mol. The minimum absolute atomic E-state index is 0.0102. The summed E-state index contributed by atoms with van der Waals surface area (Å²) in [4.78, 5) is 16.4. The zero-order valence-electron chi connectivity index (χ0n) is 12.1. The fourth-order valence-corrected chi connectivity index (χ4v) is 4.22. The van der Waals surface area contributed by atoms with E-state index >= 15 is 0 Å². The predicted molar refractivity (Wildman–Crippen MR) is 77.0 cm³/mol. The zero-order valence-corrected chi connectivity index (χ0v) is 12.9. The molecule has 1 heterocycles. The number of nitrogens with zero attached hydrogens (tertiary/aromatic N) is 1. The molecule has 2 aliphatic rings. The van der Waals surface area contributed by atoms with E-state index in [9.17, 15) is 4.79 Å². The molecule has 1 aromatic heterocycles. The third kappa shape index (κ3) is 2.27. The van der Waals surface area contributed by atoms with Crippen molar-refractivity contribution in [2.24, 2.45) is 5.41 Å². The molecule has 2 aliphatic carbocycles. The topological polar surface area (TPSA) is 48.4 Å². The minimum Gasteiger partial charge on any atom is -0.457 e. The SMILES string of the molecule is CCO[C@@H]1C[C@H](OC(=O)c2csc(C)n2)C12CCCC2. The quantitative estimate of drug-likeness (QED) is 0.799. The van der Waals surface area contributed by atoms with Crippen molar-refractivity contribution in [1.29, 1.82) is 0 Å². The van der Waals surface area contributed by atoms with Crippen molar-refractivity contribution in [3.05, 3.63) is 16.1 Å². The molecule has 110 valence electrons. The first kappa shape index (κ1) is 14.0. The van der Waals surface area contributed by atoms with Crippen molar-refractivity contribution in [2.75, 3.05) is 6.61 Å². The molecule has 4 nitrogen and oxygen atoms in total. The number of ether oxygens (including phenoxy) is 2. The van der Waals surface area contributed by atoms with Crippen molar-refractivity contribution in [2.45, 2.75) is 58.2 Å². The first-order valence-corrected chi connectivity index (χ1v) is 8.28. The van der Waals surface area contributed by atoms with Gasteiger partial charge >= 0.3 is 5.97 Å². The van der Waals surface area contributed by atoms with Crippen LogP contribution in [0.25, 0.3) is 0 Å². The number of carbonyl (C=O) groups excluding carboxylic acids is 1. The molecule has 0 N–H and O–H groups in total. The Labute approximate surface area is 123 Å². The lowest BCUT2D eigenvalue weighted by Crippen LogP contribution is -2.58. The van der Waals surface area contributed by atoms with Crippen LogP contribution in [0.3, 0.4) is 0 Å². The highest BCUT2D eigenvalue weighted by atomic mass is 32.1. The Morgan fingerprint density at radius 3 is 2.80 bits per heavy atom. The van der Waals surface area contributed by atoms with E-state index in [4.69, 9.17) is 9.47 Å². The van der Waals surface area contributed by atoms with E-state index in [2.05, 4.69) is 4.98 Å². The summed E-state index contributed by atoms with van der Waals surface area (Å²) in [5.74, 6) is -0.277. The summed E-state index contributed by atoms with van der Waals surface area (Å²) in [6.45, 7) is 4.66. The number of esters is 1. The maximum Gasteiger partial charge on any atom is 0.358 e. The normalized spacial score (nSPS) is 27.5. The molecule has 0 amide bonds. The van der Waals surface area contributed by atoms with E-state index < -0.39 is 0 Å². The van der Waals surface area contributed by atoms with Crippen LogP contribution in [-0.2, 0) is 9.47 Å². The van der Waals surface area contributed by atoms with Gasteiger partial charge in [0.2, 0.25) is 0 Å². The van der Waals surface area contributed by atoms with Gasteiger partial charge in [-0.25, -0.2) is 9.78 Å². The van der Waals surface area contributed by atoms with E-state index in [-0.39, 0.29) is 23.6 Å². The second-order valence-electron chi connectivity index (χ2n) is 5.77. The van der Waals surface area contributed by atoms with E-state index in [0.29, 0.717) is 5.69 Å². The molecule has 2 fully saturated rings. The number of aromatic nitrogens is 1. The molecule has 2 atom stereocenters. The fraction of sp³-hybridized carbons (Fsp3) is 0.733. The number of rotatable bonds is 4. The molecule has 3 rings (SSSR count). The molecule has 0 saturated heterocycles. The number of hydrogen-bond acceptors (Lipinski definition) is 5. The van der Waals surface area contributed by atoms with Crippen LogP contribution < -0.4 is 0 Å². The van der Waals surface area contributed by atoms with Crippen LogP contribution in [0.5, 0.6) is 0 Å². The second kappa shape index (κ2) is 5.45. The number of thiazole rings is 1. The average Bonchev–Trinajstić information content (AvgIpc) is 3.07. The van der Waals surface area contributed by atoms with Crippen molar-refractivity contribution in [1.82, 2.24) is 4.98 Å². The predicted octanol–water partition coefficient (Wildman–Crippen LogP) is 3.35. The molecule has 1 spiro atoms. The number of carbonyl (C=O) groups is 1. The highest BCUT2D eigenvalue weighted by Crippen LogP contribution is 2.56. The Bertz CT molecular complexity index is 493. The van der Waals surface area contributed by atoms with E-state index in [1.165, 1.54) is 24.2 Å². The van der Waals surface area contributed by atoms with Gasteiger partial charge in [-0.05, 0) is 26.7 Å².